The number of hydrogen-bond acceptors (Lipinski definition) is 3. The second kappa shape index (κ2) is 6.49. The molecule has 0 saturated carbocycles. The van der Waals surface area contributed by atoms with Crippen LogP contribution in [0, 0.1) is 13.8 Å². The number of rotatable bonds is 3. The number of aryl methyl sites for hydroxylation is 2. The largest absolute Gasteiger partial charge is 0.507 e. The Bertz CT molecular complexity index is 901. The van der Waals surface area contributed by atoms with Crippen LogP contribution in [0.15, 0.2) is 46.9 Å². The molecule has 1 aromatic heterocycles. The van der Waals surface area contributed by atoms with Gasteiger partial charge in [0.25, 0.3) is 5.91 Å². The van der Waals surface area contributed by atoms with E-state index in [4.69, 9.17) is 0 Å². The van der Waals surface area contributed by atoms with Gasteiger partial charge >= 0.3 is 0 Å². The molecule has 0 aliphatic carbocycles. The van der Waals surface area contributed by atoms with Crippen molar-refractivity contribution in [2.45, 2.75) is 13.8 Å². The van der Waals surface area contributed by atoms with Gasteiger partial charge in [0.15, 0.2) is 0 Å². The number of carbonyl (C=O) groups excluding carboxylic acids is 1. The van der Waals surface area contributed by atoms with Crippen molar-refractivity contribution >= 4 is 27.5 Å². The first-order valence-corrected chi connectivity index (χ1v) is 8.16. The monoisotopic (exact) mass is 385 g/mol. The summed E-state index contributed by atoms with van der Waals surface area (Å²) in [7, 11) is 0. The van der Waals surface area contributed by atoms with Gasteiger partial charge < -0.3 is 10.4 Å². The van der Waals surface area contributed by atoms with Crippen LogP contribution < -0.4 is 5.32 Å². The Morgan fingerprint density at radius 1 is 1.17 bits per heavy atom. The molecule has 0 bridgehead atoms. The predicted octanol–water partition coefficient (Wildman–Crippen LogP) is 4.41. The summed E-state index contributed by atoms with van der Waals surface area (Å²) in [6.45, 7) is 3.78. The smallest absolute Gasteiger partial charge is 0.273 e. The van der Waals surface area contributed by atoms with Crippen LogP contribution in [-0.2, 0) is 0 Å². The number of aromatic hydroxyl groups is 1. The SMILES string of the molecule is Cc1cc(C)c(O)c(-c2cc(C(=O)Nc3ccc(Br)cc3)[nH]n2)c1. The second-order valence-corrected chi connectivity index (χ2v) is 6.52. The van der Waals surface area contributed by atoms with Crippen molar-refractivity contribution in [2.24, 2.45) is 0 Å². The second-order valence-electron chi connectivity index (χ2n) is 5.61. The number of aromatic nitrogens is 2. The topological polar surface area (TPSA) is 78.0 Å². The first kappa shape index (κ1) is 16.3. The molecule has 0 saturated heterocycles. The van der Waals surface area contributed by atoms with Crippen molar-refractivity contribution in [2.75, 3.05) is 5.32 Å². The fourth-order valence-electron chi connectivity index (χ4n) is 2.46. The third-order valence-electron chi connectivity index (χ3n) is 3.65. The molecule has 0 spiro atoms. The van der Waals surface area contributed by atoms with Crippen molar-refractivity contribution in [3.8, 4) is 17.0 Å². The number of H-pyrrole nitrogens is 1. The molecule has 0 aliphatic rings. The van der Waals surface area contributed by atoms with E-state index in [1.807, 2.05) is 38.1 Å². The van der Waals surface area contributed by atoms with Crippen molar-refractivity contribution < 1.29 is 9.90 Å². The Balaban J connectivity index is 1.85. The van der Waals surface area contributed by atoms with Crippen molar-refractivity contribution in [3.05, 3.63) is 63.8 Å². The summed E-state index contributed by atoms with van der Waals surface area (Å²) >= 11 is 3.35. The molecule has 2 aromatic carbocycles. The molecule has 3 N–H and O–H groups in total. The van der Waals surface area contributed by atoms with Crippen LogP contribution in [0.4, 0.5) is 5.69 Å². The zero-order valence-electron chi connectivity index (χ0n) is 13.2. The maximum absolute atomic E-state index is 12.3. The normalized spacial score (nSPS) is 10.6. The molecule has 1 amide bonds. The van der Waals surface area contributed by atoms with E-state index in [-0.39, 0.29) is 11.7 Å². The van der Waals surface area contributed by atoms with Gasteiger partial charge in [0.1, 0.15) is 11.4 Å². The molecule has 5 nitrogen and oxygen atoms in total. The molecule has 24 heavy (non-hydrogen) atoms. The lowest BCUT2D eigenvalue weighted by atomic mass is 10.0. The van der Waals surface area contributed by atoms with Gasteiger partial charge in [0.2, 0.25) is 0 Å². The zero-order valence-corrected chi connectivity index (χ0v) is 14.8. The summed E-state index contributed by atoms with van der Waals surface area (Å²) in [5, 5.41) is 19.9. The predicted molar refractivity (Wildman–Crippen MR) is 97.3 cm³/mol. The van der Waals surface area contributed by atoms with Crippen LogP contribution >= 0.6 is 15.9 Å². The van der Waals surface area contributed by atoms with E-state index >= 15 is 0 Å². The molecular formula is C18H16BrN3O2. The van der Waals surface area contributed by atoms with Gasteiger partial charge in [-0.25, -0.2) is 0 Å². The van der Waals surface area contributed by atoms with Crippen LogP contribution in [0.2, 0.25) is 0 Å². The first-order chi connectivity index (χ1) is 11.4. The van der Waals surface area contributed by atoms with Crippen LogP contribution in [0.3, 0.4) is 0 Å². The van der Waals surface area contributed by atoms with E-state index in [1.54, 1.807) is 18.2 Å². The Morgan fingerprint density at radius 2 is 1.88 bits per heavy atom. The highest BCUT2D eigenvalue weighted by Gasteiger charge is 2.15. The number of hydrogen-bond donors (Lipinski definition) is 3. The lowest BCUT2D eigenvalue weighted by Gasteiger charge is -2.06. The van der Waals surface area contributed by atoms with Crippen LogP contribution in [0.25, 0.3) is 11.3 Å². The van der Waals surface area contributed by atoms with Gasteiger partial charge in [0.05, 0.1) is 5.69 Å². The molecule has 122 valence electrons. The van der Waals surface area contributed by atoms with E-state index in [2.05, 4.69) is 31.4 Å². The maximum Gasteiger partial charge on any atom is 0.273 e. The minimum Gasteiger partial charge on any atom is -0.507 e. The van der Waals surface area contributed by atoms with E-state index in [0.717, 1.165) is 15.6 Å². The first-order valence-electron chi connectivity index (χ1n) is 7.37. The van der Waals surface area contributed by atoms with E-state index in [1.165, 1.54) is 0 Å². The number of nitrogens with one attached hydrogen (secondary N) is 2. The fourth-order valence-corrected chi connectivity index (χ4v) is 2.73. The van der Waals surface area contributed by atoms with E-state index in [0.29, 0.717) is 22.6 Å². The van der Waals surface area contributed by atoms with Gasteiger partial charge in [-0.05, 0) is 61.4 Å². The number of phenolic OH excluding ortho intramolecular Hbond substituents is 1. The average Bonchev–Trinajstić information content (AvgIpc) is 3.03. The van der Waals surface area contributed by atoms with Gasteiger partial charge in [0, 0.05) is 15.7 Å². The summed E-state index contributed by atoms with van der Waals surface area (Å²) in [5.41, 5.74) is 3.94. The highest BCUT2D eigenvalue weighted by atomic mass is 79.9. The summed E-state index contributed by atoms with van der Waals surface area (Å²) in [6.07, 6.45) is 0. The summed E-state index contributed by atoms with van der Waals surface area (Å²) < 4.78 is 0.939. The Labute approximate surface area is 147 Å². The summed E-state index contributed by atoms with van der Waals surface area (Å²) in [6, 6.07) is 12.7. The Kier molecular flexibility index (Phi) is 4.40. The molecule has 0 radical (unpaired) electrons. The molecule has 0 unspecified atom stereocenters. The number of nitrogens with zero attached hydrogens (tertiary/aromatic N) is 1. The minimum atomic E-state index is -0.292. The fraction of sp³-hybridized carbons (Fsp3) is 0.111. The van der Waals surface area contributed by atoms with Crippen LogP contribution in [0.1, 0.15) is 21.6 Å². The number of benzene rings is 2. The average molecular weight is 386 g/mol. The molecule has 3 rings (SSSR count). The van der Waals surface area contributed by atoms with Crippen molar-refractivity contribution in [3.63, 3.8) is 0 Å². The maximum atomic E-state index is 12.3. The number of anilines is 1. The zero-order chi connectivity index (χ0) is 17.3. The Morgan fingerprint density at radius 3 is 2.58 bits per heavy atom. The lowest BCUT2D eigenvalue weighted by Crippen LogP contribution is -2.12. The highest BCUT2D eigenvalue weighted by molar-refractivity contribution is 9.10. The van der Waals surface area contributed by atoms with Gasteiger partial charge in [-0.2, -0.15) is 5.10 Å². The number of phenols is 1. The van der Waals surface area contributed by atoms with Gasteiger partial charge in [-0.1, -0.05) is 22.0 Å². The molecule has 1 heterocycles. The number of carbonyl (C=O) groups is 1. The molecule has 3 aromatic rings. The van der Waals surface area contributed by atoms with E-state index in [9.17, 15) is 9.90 Å². The number of aromatic amines is 1. The molecular weight excluding hydrogens is 370 g/mol. The van der Waals surface area contributed by atoms with Gasteiger partial charge in [-0.3, -0.25) is 9.89 Å². The standard InChI is InChI=1S/C18H16BrN3O2/c1-10-7-11(2)17(23)14(8-10)15-9-16(22-21-15)18(24)20-13-5-3-12(19)4-6-13/h3-9,23H,1-2H3,(H,20,24)(H,21,22). The number of halogens is 1. The van der Waals surface area contributed by atoms with Gasteiger partial charge in [-0.15, -0.1) is 0 Å². The quantitative estimate of drug-likeness (QED) is 0.624. The van der Waals surface area contributed by atoms with Crippen LogP contribution in [-0.4, -0.2) is 21.2 Å². The molecule has 0 fully saturated rings. The highest BCUT2D eigenvalue weighted by Crippen LogP contribution is 2.32. The molecule has 6 heteroatoms. The third kappa shape index (κ3) is 3.33. The summed E-state index contributed by atoms with van der Waals surface area (Å²) in [5.74, 6) is -0.119. The van der Waals surface area contributed by atoms with Crippen molar-refractivity contribution in [1.29, 1.82) is 0 Å². The Hall–Kier alpha value is -2.60. The lowest BCUT2D eigenvalue weighted by molar-refractivity contribution is 0.102. The molecule has 0 aliphatic heterocycles. The van der Waals surface area contributed by atoms with Crippen LogP contribution in [0.5, 0.6) is 5.75 Å². The van der Waals surface area contributed by atoms with E-state index < -0.39 is 0 Å². The molecule has 0 atom stereocenters. The van der Waals surface area contributed by atoms with Crippen molar-refractivity contribution in [1.82, 2.24) is 10.2 Å². The summed E-state index contributed by atoms with van der Waals surface area (Å²) in [4.78, 5) is 12.3. The third-order valence-corrected chi connectivity index (χ3v) is 4.17. The minimum absolute atomic E-state index is 0.173. The number of amides is 1.